The van der Waals surface area contributed by atoms with Gasteiger partial charge in [-0.3, -0.25) is 4.90 Å². The average molecular weight is 184 g/mol. The van der Waals surface area contributed by atoms with Crippen molar-refractivity contribution < 1.29 is 4.74 Å². The molecule has 0 amide bonds. The standard InChI is InChI=1S/C10H20N2O/c1-8-9(3-6-13-8)12(2)10(7-11)4-5-10/h8-9H,3-7,11H2,1-2H3. The highest BCUT2D eigenvalue weighted by Crippen LogP contribution is 2.42. The number of rotatable bonds is 3. The molecule has 76 valence electrons. The molecule has 2 atom stereocenters. The van der Waals surface area contributed by atoms with Crippen LogP contribution >= 0.6 is 0 Å². The first-order valence-corrected chi connectivity index (χ1v) is 5.24. The summed E-state index contributed by atoms with van der Waals surface area (Å²) in [4.78, 5) is 2.46. The second-order valence-corrected chi connectivity index (χ2v) is 4.47. The Morgan fingerprint density at radius 1 is 1.54 bits per heavy atom. The van der Waals surface area contributed by atoms with Crippen LogP contribution in [0.25, 0.3) is 0 Å². The summed E-state index contributed by atoms with van der Waals surface area (Å²) in [5.41, 5.74) is 6.13. The fourth-order valence-corrected chi connectivity index (χ4v) is 2.43. The van der Waals surface area contributed by atoms with Crippen molar-refractivity contribution in [3.05, 3.63) is 0 Å². The largest absolute Gasteiger partial charge is 0.377 e. The van der Waals surface area contributed by atoms with E-state index < -0.39 is 0 Å². The van der Waals surface area contributed by atoms with Crippen LogP contribution in [0.5, 0.6) is 0 Å². The minimum absolute atomic E-state index is 0.326. The Bertz CT molecular complexity index is 191. The number of nitrogens with zero attached hydrogens (tertiary/aromatic N) is 1. The summed E-state index contributed by atoms with van der Waals surface area (Å²) in [6, 6.07) is 0.589. The van der Waals surface area contributed by atoms with Crippen LogP contribution in [0.2, 0.25) is 0 Å². The molecule has 0 bridgehead atoms. The van der Waals surface area contributed by atoms with Gasteiger partial charge in [0.15, 0.2) is 0 Å². The lowest BCUT2D eigenvalue weighted by molar-refractivity contribution is 0.0629. The monoisotopic (exact) mass is 184 g/mol. The van der Waals surface area contributed by atoms with Gasteiger partial charge in [0, 0.05) is 24.7 Å². The molecule has 1 saturated heterocycles. The summed E-state index contributed by atoms with van der Waals surface area (Å²) in [5, 5.41) is 0. The molecular formula is C10H20N2O. The molecule has 2 aliphatic rings. The normalized spacial score (nSPS) is 36.9. The number of likely N-dealkylation sites (N-methyl/N-ethyl adjacent to an activating group) is 1. The van der Waals surface area contributed by atoms with Crippen molar-refractivity contribution in [2.45, 2.75) is 43.9 Å². The van der Waals surface area contributed by atoms with Crippen molar-refractivity contribution >= 4 is 0 Å². The van der Waals surface area contributed by atoms with Gasteiger partial charge in [0.05, 0.1) is 6.10 Å². The molecule has 0 radical (unpaired) electrons. The second kappa shape index (κ2) is 3.23. The van der Waals surface area contributed by atoms with Crippen LogP contribution in [-0.2, 0) is 4.74 Å². The molecule has 0 aromatic heterocycles. The Morgan fingerprint density at radius 3 is 2.62 bits per heavy atom. The van der Waals surface area contributed by atoms with Gasteiger partial charge >= 0.3 is 0 Å². The van der Waals surface area contributed by atoms with Crippen molar-refractivity contribution in [3.8, 4) is 0 Å². The van der Waals surface area contributed by atoms with Gasteiger partial charge in [-0.15, -0.1) is 0 Å². The van der Waals surface area contributed by atoms with Crippen LogP contribution in [0, 0.1) is 0 Å². The molecule has 3 heteroatoms. The molecule has 1 aliphatic heterocycles. The Kier molecular flexibility index (Phi) is 2.34. The molecule has 2 unspecified atom stereocenters. The molecule has 0 aromatic rings. The highest BCUT2D eigenvalue weighted by molar-refractivity contribution is 5.06. The lowest BCUT2D eigenvalue weighted by Crippen LogP contribution is -2.48. The Hall–Kier alpha value is -0.120. The molecule has 2 fully saturated rings. The first-order chi connectivity index (χ1) is 6.19. The van der Waals surface area contributed by atoms with Crippen LogP contribution < -0.4 is 5.73 Å². The zero-order valence-electron chi connectivity index (χ0n) is 8.62. The predicted octanol–water partition coefficient (Wildman–Crippen LogP) is 0.587. The first-order valence-electron chi connectivity index (χ1n) is 5.24. The van der Waals surface area contributed by atoms with Gasteiger partial charge in [-0.25, -0.2) is 0 Å². The summed E-state index contributed by atoms with van der Waals surface area (Å²) in [7, 11) is 2.20. The molecule has 3 nitrogen and oxygen atoms in total. The SMILES string of the molecule is CC1OCCC1N(C)C1(CN)CC1. The Labute approximate surface area is 80.2 Å². The van der Waals surface area contributed by atoms with E-state index in [2.05, 4.69) is 18.9 Å². The first kappa shape index (κ1) is 9.44. The van der Waals surface area contributed by atoms with Crippen molar-refractivity contribution in [1.82, 2.24) is 4.90 Å². The summed E-state index contributed by atoms with van der Waals surface area (Å²) < 4.78 is 5.57. The third-order valence-corrected chi connectivity index (χ3v) is 3.79. The van der Waals surface area contributed by atoms with Crippen LogP contribution in [0.15, 0.2) is 0 Å². The van der Waals surface area contributed by atoms with E-state index in [9.17, 15) is 0 Å². The molecule has 1 saturated carbocycles. The molecule has 13 heavy (non-hydrogen) atoms. The zero-order chi connectivity index (χ0) is 9.47. The highest BCUT2D eigenvalue weighted by atomic mass is 16.5. The summed E-state index contributed by atoms with van der Waals surface area (Å²) in [6.45, 7) is 3.88. The fraction of sp³-hybridized carbons (Fsp3) is 1.00. The van der Waals surface area contributed by atoms with E-state index in [1.54, 1.807) is 0 Å². The van der Waals surface area contributed by atoms with E-state index in [0.29, 0.717) is 17.7 Å². The van der Waals surface area contributed by atoms with Gasteiger partial charge in [0.1, 0.15) is 0 Å². The van der Waals surface area contributed by atoms with Crippen molar-refractivity contribution in [1.29, 1.82) is 0 Å². The van der Waals surface area contributed by atoms with Gasteiger partial charge in [0.2, 0.25) is 0 Å². The van der Waals surface area contributed by atoms with Gasteiger partial charge in [-0.1, -0.05) is 0 Å². The molecule has 1 aliphatic carbocycles. The Morgan fingerprint density at radius 2 is 2.23 bits per heavy atom. The van der Waals surface area contributed by atoms with E-state index in [4.69, 9.17) is 10.5 Å². The third kappa shape index (κ3) is 1.49. The van der Waals surface area contributed by atoms with Crippen LogP contribution in [0.3, 0.4) is 0 Å². The van der Waals surface area contributed by atoms with E-state index >= 15 is 0 Å². The lowest BCUT2D eigenvalue weighted by atomic mass is 10.1. The number of hydrogen-bond acceptors (Lipinski definition) is 3. The van der Waals surface area contributed by atoms with Gasteiger partial charge in [0.25, 0.3) is 0 Å². The van der Waals surface area contributed by atoms with Crippen molar-refractivity contribution in [3.63, 3.8) is 0 Å². The Balaban J connectivity index is 1.99. The van der Waals surface area contributed by atoms with E-state index in [1.165, 1.54) is 19.3 Å². The topological polar surface area (TPSA) is 38.5 Å². The maximum atomic E-state index is 5.80. The second-order valence-electron chi connectivity index (χ2n) is 4.47. The van der Waals surface area contributed by atoms with Gasteiger partial charge in [-0.05, 0) is 33.2 Å². The van der Waals surface area contributed by atoms with Crippen molar-refractivity contribution in [2.75, 3.05) is 20.2 Å². The summed E-state index contributed by atoms with van der Waals surface area (Å²) in [6.07, 6.45) is 4.08. The van der Waals surface area contributed by atoms with E-state index in [-0.39, 0.29) is 0 Å². The van der Waals surface area contributed by atoms with Gasteiger partial charge in [-0.2, -0.15) is 0 Å². The minimum Gasteiger partial charge on any atom is -0.377 e. The lowest BCUT2D eigenvalue weighted by Gasteiger charge is -2.34. The summed E-state index contributed by atoms with van der Waals surface area (Å²) in [5.74, 6) is 0. The molecule has 0 spiro atoms. The van der Waals surface area contributed by atoms with E-state index in [1.807, 2.05) is 0 Å². The number of nitrogens with two attached hydrogens (primary N) is 1. The van der Waals surface area contributed by atoms with Gasteiger partial charge < -0.3 is 10.5 Å². The van der Waals surface area contributed by atoms with Crippen molar-refractivity contribution in [2.24, 2.45) is 5.73 Å². The third-order valence-electron chi connectivity index (χ3n) is 3.79. The number of ether oxygens (including phenoxy) is 1. The predicted molar refractivity (Wildman–Crippen MR) is 52.6 cm³/mol. The fourth-order valence-electron chi connectivity index (χ4n) is 2.43. The molecule has 0 aromatic carbocycles. The maximum Gasteiger partial charge on any atom is 0.0703 e. The molecular weight excluding hydrogens is 164 g/mol. The highest BCUT2D eigenvalue weighted by Gasteiger charge is 2.49. The zero-order valence-corrected chi connectivity index (χ0v) is 8.62. The maximum absolute atomic E-state index is 5.80. The average Bonchev–Trinajstić information content (AvgIpc) is 2.83. The van der Waals surface area contributed by atoms with Crippen LogP contribution in [0.1, 0.15) is 26.2 Å². The summed E-state index contributed by atoms with van der Waals surface area (Å²) >= 11 is 0. The molecule has 2 N–H and O–H groups in total. The van der Waals surface area contributed by atoms with Crippen LogP contribution in [-0.4, -0.2) is 42.8 Å². The van der Waals surface area contributed by atoms with E-state index in [0.717, 1.165) is 13.2 Å². The van der Waals surface area contributed by atoms with Crippen LogP contribution in [0.4, 0.5) is 0 Å². The number of hydrogen-bond donors (Lipinski definition) is 1. The molecule has 2 rings (SSSR count). The smallest absolute Gasteiger partial charge is 0.0703 e. The molecule has 1 heterocycles. The quantitative estimate of drug-likeness (QED) is 0.697. The minimum atomic E-state index is 0.326.